The molecule has 0 radical (unpaired) electrons. The summed E-state index contributed by atoms with van der Waals surface area (Å²) in [5.41, 5.74) is 0.626. The van der Waals surface area contributed by atoms with E-state index in [0.717, 1.165) is 25.1 Å². The molecular formula is C20H28N4O3. The van der Waals surface area contributed by atoms with Gasteiger partial charge in [-0.2, -0.15) is 0 Å². The summed E-state index contributed by atoms with van der Waals surface area (Å²) in [5, 5.41) is 0. The lowest BCUT2D eigenvalue weighted by Crippen LogP contribution is -2.67. The van der Waals surface area contributed by atoms with E-state index in [1.165, 1.54) is 0 Å². The van der Waals surface area contributed by atoms with Crippen molar-refractivity contribution < 1.29 is 14.3 Å². The number of hydrogen-bond acceptors (Lipinski definition) is 5. The van der Waals surface area contributed by atoms with Crippen molar-refractivity contribution >= 4 is 11.8 Å². The Labute approximate surface area is 160 Å². The topological polar surface area (TPSA) is 66.0 Å². The van der Waals surface area contributed by atoms with Crippen LogP contribution in [0.15, 0.2) is 24.5 Å². The number of hydrogen-bond donors (Lipinski definition) is 0. The third-order valence-electron chi connectivity index (χ3n) is 6.43. The van der Waals surface area contributed by atoms with Gasteiger partial charge in [0.2, 0.25) is 11.8 Å². The number of piperidine rings is 1. The Morgan fingerprint density at radius 2 is 1.96 bits per heavy atom. The van der Waals surface area contributed by atoms with E-state index in [9.17, 15) is 9.59 Å². The largest absolute Gasteiger partial charge is 0.381 e. The summed E-state index contributed by atoms with van der Waals surface area (Å²) in [5.74, 6) is 0.397. The van der Waals surface area contributed by atoms with Crippen LogP contribution in [0.25, 0.3) is 0 Å². The van der Waals surface area contributed by atoms with Gasteiger partial charge in [0.1, 0.15) is 5.54 Å². The molecule has 3 fully saturated rings. The molecule has 4 heterocycles. The lowest BCUT2D eigenvalue weighted by molar-refractivity contribution is -0.158. The van der Waals surface area contributed by atoms with Crippen LogP contribution in [0.4, 0.5) is 0 Å². The summed E-state index contributed by atoms with van der Waals surface area (Å²) in [6.07, 6.45) is 5.76. The fourth-order valence-corrected chi connectivity index (χ4v) is 4.58. The number of likely N-dealkylation sites (tertiary alicyclic amines) is 1. The summed E-state index contributed by atoms with van der Waals surface area (Å²) >= 11 is 0. The monoisotopic (exact) mass is 372 g/mol. The Morgan fingerprint density at radius 1 is 1.22 bits per heavy atom. The van der Waals surface area contributed by atoms with Crippen LogP contribution in [0.3, 0.4) is 0 Å². The van der Waals surface area contributed by atoms with Gasteiger partial charge >= 0.3 is 0 Å². The maximum Gasteiger partial charge on any atom is 0.243 e. The van der Waals surface area contributed by atoms with Crippen LogP contribution in [0.1, 0.15) is 24.8 Å². The van der Waals surface area contributed by atoms with Crippen LogP contribution < -0.4 is 0 Å². The van der Waals surface area contributed by atoms with Crippen molar-refractivity contribution in [3.8, 4) is 0 Å². The second kappa shape index (κ2) is 7.56. The lowest BCUT2D eigenvalue weighted by Gasteiger charge is -2.51. The number of rotatable bonds is 3. The molecule has 1 aromatic heterocycles. The molecule has 0 aromatic carbocycles. The molecular weight excluding hydrogens is 344 g/mol. The standard InChI is InChI=1S/C20H28N4O3/c1-22-11-12-24(14-16-2-7-21-8-3-16)19(26)20(22)5-9-23(10-6-20)18(25)17-4-13-27-15-17/h2-3,7-8,17H,4-6,9-15H2,1H3. The molecule has 3 aliphatic heterocycles. The molecule has 1 unspecified atom stereocenters. The van der Waals surface area contributed by atoms with Gasteiger partial charge in [-0.05, 0) is 44.0 Å². The normalized spacial score (nSPS) is 26.0. The molecule has 0 bridgehead atoms. The van der Waals surface area contributed by atoms with Gasteiger partial charge in [0.25, 0.3) is 0 Å². The Balaban J connectivity index is 1.43. The van der Waals surface area contributed by atoms with Crippen molar-refractivity contribution in [2.24, 2.45) is 5.92 Å². The minimum Gasteiger partial charge on any atom is -0.381 e. The highest BCUT2D eigenvalue weighted by molar-refractivity contribution is 5.88. The fraction of sp³-hybridized carbons (Fsp3) is 0.650. The third kappa shape index (κ3) is 3.46. The van der Waals surface area contributed by atoms with Gasteiger partial charge in [-0.15, -0.1) is 0 Å². The predicted octanol–water partition coefficient (Wildman–Crippen LogP) is 0.753. The number of carbonyl (C=O) groups is 2. The van der Waals surface area contributed by atoms with Gasteiger partial charge in [0, 0.05) is 51.7 Å². The van der Waals surface area contributed by atoms with E-state index < -0.39 is 5.54 Å². The van der Waals surface area contributed by atoms with Crippen molar-refractivity contribution in [3.05, 3.63) is 30.1 Å². The average molecular weight is 372 g/mol. The predicted molar refractivity (Wildman–Crippen MR) is 99.8 cm³/mol. The van der Waals surface area contributed by atoms with Crippen LogP contribution >= 0.6 is 0 Å². The molecule has 1 spiro atoms. The van der Waals surface area contributed by atoms with Gasteiger partial charge in [-0.3, -0.25) is 19.5 Å². The molecule has 0 aliphatic carbocycles. The Hall–Kier alpha value is -1.99. The summed E-state index contributed by atoms with van der Waals surface area (Å²) in [7, 11) is 2.05. The van der Waals surface area contributed by atoms with Crippen molar-refractivity contribution in [2.75, 3.05) is 46.4 Å². The molecule has 2 amide bonds. The highest BCUT2D eigenvalue weighted by Gasteiger charge is 2.50. The molecule has 4 rings (SSSR count). The first-order valence-electron chi connectivity index (χ1n) is 9.86. The quantitative estimate of drug-likeness (QED) is 0.784. The Kier molecular flexibility index (Phi) is 5.14. The van der Waals surface area contributed by atoms with Crippen molar-refractivity contribution in [2.45, 2.75) is 31.3 Å². The number of piperazine rings is 1. The number of carbonyl (C=O) groups excluding carboxylic acids is 2. The number of nitrogens with zero attached hydrogens (tertiary/aromatic N) is 4. The molecule has 1 aromatic rings. The molecule has 27 heavy (non-hydrogen) atoms. The number of pyridine rings is 1. The summed E-state index contributed by atoms with van der Waals surface area (Å²) < 4.78 is 5.36. The van der Waals surface area contributed by atoms with E-state index in [1.54, 1.807) is 12.4 Å². The second-order valence-electron chi connectivity index (χ2n) is 7.92. The van der Waals surface area contributed by atoms with Crippen LogP contribution in [0, 0.1) is 5.92 Å². The fourth-order valence-electron chi connectivity index (χ4n) is 4.58. The first kappa shape index (κ1) is 18.4. The van der Waals surface area contributed by atoms with Crippen LogP contribution in [0.2, 0.25) is 0 Å². The van der Waals surface area contributed by atoms with E-state index in [1.807, 2.05) is 29.0 Å². The molecule has 3 aliphatic rings. The van der Waals surface area contributed by atoms with Crippen LogP contribution in [-0.2, 0) is 20.9 Å². The van der Waals surface area contributed by atoms with Crippen molar-refractivity contribution in [1.29, 1.82) is 0 Å². The zero-order chi connectivity index (χ0) is 18.9. The molecule has 0 saturated carbocycles. The molecule has 1 atom stereocenters. The Morgan fingerprint density at radius 3 is 2.63 bits per heavy atom. The van der Waals surface area contributed by atoms with E-state index in [-0.39, 0.29) is 17.7 Å². The average Bonchev–Trinajstić information content (AvgIpc) is 3.24. The van der Waals surface area contributed by atoms with Crippen LogP contribution in [0.5, 0.6) is 0 Å². The summed E-state index contributed by atoms with van der Waals surface area (Å²) in [6.45, 7) is 4.74. The van der Waals surface area contributed by atoms with Gasteiger partial charge in [0.15, 0.2) is 0 Å². The number of likely N-dealkylation sites (N-methyl/N-ethyl adjacent to an activating group) is 1. The molecule has 3 saturated heterocycles. The maximum atomic E-state index is 13.4. The minimum absolute atomic E-state index is 0.00188. The van der Waals surface area contributed by atoms with Crippen LogP contribution in [-0.4, -0.2) is 83.5 Å². The molecule has 0 N–H and O–H groups in total. The van der Waals surface area contributed by atoms with E-state index in [4.69, 9.17) is 4.74 Å². The van der Waals surface area contributed by atoms with Gasteiger partial charge in [-0.25, -0.2) is 0 Å². The number of ether oxygens (including phenoxy) is 1. The SMILES string of the molecule is CN1CCN(Cc2ccncc2)C(=O)C12CCN(C(=O)C1CCOC1)CC2. The first-order chi connectivity index (χ1) is 13.1. The maximum absolute atomic E-state index is 13.4. The zero-order valence-electron chi connectivity index (χ0n) is 16.0. The van der Waals surface area contributed by atoms with Gasteiger partial charge in [-0.1, -0.05) is 0 Å². The van der Waals surface area contributed by atoms with E-state index in [2.05, 4.69) is 9.88 Å². The highest BCUT2D eigenvalue weighted by atomic mass is 16.5. The lowest BCUT2D eigenvalue weighted by atomic mass is 9.82. The first-order valence-corrected chi connectivity index (χ1v) is 9.86. The molecule has 7 nitrogen and oxygen atoms in total. The molecule has 146 valence electrons. The third-order valence-corrected chi connectivity index (χ3v) is 6.43. The minimum atomic E-state index is -0.478. The van der Waals surface area contributed by atoms with Crippen molar-refractivity contribution in [1.82, 2.24) is 19.7 Å². The number of amides is 2. The molecule has 7 heteroatoms. The zero-order valence-corrected chi connectivity index (χ0v) is 16.0. The Bertz CT molecular complexity index is 682. The second-order valence-corrected chi connectivity index (χ2v) is 7.92. The van der Waals surface area contributed by atoms with Crippen molar-refractivity contribution in [3.63, 3.8) is 0 Å². The summed E-state index contributed by atoms with van der Waals surface area (Å²) in [4.78, 5) is 36.2. The highest BCUT2D eigenvalue weighted by Crippen LogP contribution is 2.34. The van der Waals surface area contributed by atoms with E-state index in [0.29, 0.717) is 45.7 Å². The smallest absolute Gasteiger partial charge is 0.243 e. The van der Waals surface area contributed by atoms with Gasteiger partial charge in [0.05, 0.1) is 12.5 Å². The van der Waals surface area contributed by atoms with Gasteiger partial charge < -0.3 is 14.5 Å². The summed E-state index contributed by atoms with van der Waals surface area (Å²) in [6, 6.07) is 3.92. The van der Waals surface area contributed by atoms with E-state index >= 15 is 0 Å². The number of aromatic nitrogens is 1.